The topological polar surface area (TPSA) is 73.2 Å². The molecule has 1 aromatic heterocycles. The zero-order valence-corrected chi connectivity index (χ0v) is 14.4. The van der Waals surface area contributed by atoms with E-state index in [1.165, 1.54) is 6.20 Å². The number of sulfonamides is 1. The second kappa shape index (κ2) is 7.08. The molecule has 0 spiro atoms. The third kappa shape index (κ3) is 4.06. The Bertz CT molecular complexity index is 819. The number of benzene rings is 1. The van der Waals surface area contributed by atoms with Crippen molar-refractivity contribution in [3.8, 4) is 0 Å². The highest BCUT2D eigenvalue weighted by Crippen LogP contribution is 2.22. The number of ether oxygens (including phenoxy) is 1. The Morgan fingerprint density at radius 3 is 2.83 bits per heavy atom. The molecular weight excluding hydrogens is 357 g/mol. The lowest BCUT2D eigenvalue weighted by Crippen LogP contribution is -2.20. The average Bonchev–Trinajstić information content (AvgIpc) is 2.97. The fourth-order valence-corrected chi connectivity index (χ4v) is 3.87. The minimum absolute atomic E-state index is 0.105. The van der Waals surface area contributed by atoms with Crippen LogP contribution in [0.1, 0.15) is 12.8 Å². The Hall–Kier alpha value is -1.64. The molecule has 9 heteroatoms. The Morgan fingerprint density at radius 2 is 2.12 bits per heavy atom. The van der Waals surface area contributed by atoms with Crippen molar-refractivity contribution < 1.29 is 17.5 Å². The van der Waals surface area contributed by atoms with Gasteiger partial charge in [-0.25, -0.2) is 12.8 Å². The predicted molar refractivity (Wildman–Crippen MR) is 88.0 cm³/mol. The minimum atomic E-state index is -3.85. The van der Waals surface area contributed by atoms with Crippen molar-refractivity contribution in [1.29, 1.82) is 0 Å². The first-order chi connectivity index (χ1) is 11.4. The molecule has 1 aromatic carbocycles. The molecule has 0 saturated carbocycles. The van der Waals surface area contributed by atoms with Crippen molar-refractivity contribution in [2.45, 2.75) is 24.3 Å². The van der Waals surface area contributed by atoms with E-state index in [4.69, 9.17) is 16.3 Å². The van der Waals surface area contributed by atoms with E-state index in [9.17, 15) is 12.8 Å². The summed E-state index contributed by atoms with van der Waals surface area (Å²) in [5, 5.41) is 3.94. The van der Waals surface area contributed by atoms with Gasteiger partial charge in [0.25, 0.3) is 10.0 Å². The van der Waals surface area contributed by atoms with Gasteiger partial charge in [-0.15, -0.1) is 0 Å². The van der Waals surface area contributed by atoms with Gasteiger partial charge in [0.05, 0.1) is 21.8 Å². The largest absolute Gasteiger partial charge is 0.381 e. The maximum Gasteiger partial charge on any atom is 0.262 e. The van der Waals surface area contributed by atoms with E-state index in [1.807, 2.05) is 0 Å². The molecule has 0 amide bonds. The molecule has 6 nitrogen and oxygen atoms in total. The molecule has 1 fully saturated rings. The highest BCUT2D eigenvalue weighted by molar-refractivity contribution is 7.92. The summed E-state index contributed by atoms with van der Waals surface area (Å²) < 4.78 is 47.3. The molecule has 3 rings (SSSR count). The maximum atomic E-state index is 13.2. The smallest absolute Gasteiger partial charge is 0.262 e. The van der Waals surface area contributed by atoms with Crippen molar-refractivity contribution in [3.05, 3.63) is 41.4 Å². The van der Waals surface area contributed by atoms with E-state index in [0.717, 1.165) is 44.3 Å². The average molecular weight is 374 g/mol. The van der Waals surface area contributed by atoms with E-state index in [2.05, 4.69) is 9.82 Å². The number of hydrogen-bond acceptors (Lipinski definition) is 4. The number of nitrogens with one attached hydrogen (secondary N) is 1. The Labute approximate surface area is 144 Å². The number of aromatic nitrogens is 2. The normalized spacial score (nSPS) is 16.2. The minimum Gasteiger partial charge on any atom is -0.381 e. The third-order valence-electron chi connectivity index (χ3n) is 3.87. The molecular formula is C15H17ClFN3O3S. The molecule has 2 aromatic rings. The molecule has 1 saturated heterocycles. The molecule has 130 valence electrons. The molecule has 0 atom stereocenters. The van der Waals surface area contributed by atoms with Crippen molar-refractivity contribution in [2.24, 2.45) is 5.92 Å². The first-order valence-corrected chi connectivity index (χ1v) is 9.38. The van der Waals surface area contributed by atoms with Gasteiger partial charge in [0.2, 0.25) is 0 Å². The summed E-state index contributed by atoms with van der Waals surface area (Å²) in [6, 6.07) is 3.26. The van der Waals surface area contributed by atoms with Crippen LogP contribution >= 0.6 is 11.6 Å². The van der Waals surface area contributed by atoms with Crippen LogP contribution in [-0.2, 0) is 21.3 Å². The predicted octanol–water partition coefficient (Wildman–Crippen LogP) is 2.90. The van der Waals surface area contributed by atoms with Crippen LogP contribution in [0.25, 0.3) is 0 Å². The van der Waals surface area contributed by atoms with Crippen molar-refractivity contribution in [2.75, 3.05) is 17.9 Å². The molecule has 1 N–H and O–H groups in total. The van der Waals surface area contributed by atoms with E-state index < -0.39 is 15.8 Å². The van der Waals surface area contributed by atoms with Crippen LogP contribution in [0.3, 0.4) is 0 Å². The molecule has 1 aliphatic rings. The fourth-order valence-electron chi connectivity index (χ4n) is 2.57. The number of halogens is 2. The van der Waals surface area contributed by atoms with Gasteiger partial charge in [-0.1, -0.05) is 11.6 Å². The SMILES string of the molecule is O=S(=O)(Nc1cnn(CC2CCOCC2)c1)c1ccc(F)c(Cl)c1. The number of nitrogens with zero attached hydrogens (tertiary/aromatic N) is 2. The first-order valence-electron chi connectivity index (χ1n) is 7.52. The molecule has 2 heterocycles. The second-order valence-electron chi connectivity index (χ2n) is 5.69. The fraction of sp³-hybridized carbons (Fsp3) is 0.400. The van der Waals surface area contributed by atoms with Crippen LogP contribution in [-0.4, -0.2) is 31.4 Å². The summed E-state index contributed by atoms with van der Waals surface area (Å²) in [6.45, 7) is 2.21. The first kappa shape index (κ1) is 17.2. The van der Waals surface area contributed by atoms with Crippen LogP contribution in [0, 0.1) is 11.7 Å². The van der Waals surface area contributed by atoms with Crippen LogP contribution in [0.4, 0.5) is 10.1 Å². The molecule has 1 aliphatic heterocycles. The summed E-state index contributed by atoms with van der Waals surface area (Å²) in [6.07, 6.45) is 5.02. The van der Waals surface area contributed by atoms with Gasteiger partial charge in [0.1, 0.15) is 5.82 Å². The molecule has 0 aliphatic carbocycles. The Balaban J connectivity index is 1.69. The van der Waals surface area contributed by atoms with Gasteiger partial charge < -0.3 is 4.74 Å². The van der Waals surface area contributed by atoms with Crippen molar-refractivity contribution in [1.82, 2.24) is 9.78 Å². The highest BCUT2D eigenvalue weighted by atomic mass is 35.5. The summed E-state index contributed by atoms with van der Waals surface area (Å²) in [4.78, 5) is -0.105. The monoisotopic (exact) mass is 373 g/mol. The summed E-state index contributed by atoms with van der Waals surface area (Å²) in [5.74, 6) is -0.195. The van der Waals surface area contributed by atoms with E-state index in [-0.39, 0.29) is 9.92 Å². The van der Waals surface area contributed by atoms with Gasteiger partial charge in [0, 0.05) is 26.0 Å². The van der Waals surface area contributed by atoms with Crippen LogP contribution in [0.5, 0.6) is 0 Å². The van der Waals surface area contributed by atoms with Crippen LogP contribution in [0.15, 0.2) is 35.5 Å². The van der Waals surface area contributed by atoms with E-state index in [0.29, 0.717) is 18.2 Å². The summed E-state index contributed by atoms with van der Waals surface area (Å²) >= 11 is 5.64. The summed E-state index contributed by atoms with van der Waals surface area (Å²) in [7, 11) is -3.85. The number of anilines is 1. The Morgan fingerprint density at radius 1 is 1.38 bits per heavy atom. The van der Waals surface area contributed by atoms with Gasteiger partial charge in [-0.2, -0.15) is 5.10 Å². The standard InChI is InChI=1S/C15H17ClFN3O3S/c16-14-7-13(1-2-15(14)17)24(21,22)19-12-8-18-20(10-12)9-11-3-5-23-6-4-11/h1-2,7-8,10-11,19H,3-6,9H2. The van der Waals surface area contributed by atoms with Gasteiger partial charge in [-0.3, -0.25) is 9.40 Å². The highest BCUT2D eigenvalue weighted by Gasteiger charge is 2.18. The molecule has 0 unspecified atom stereocenters. The summed E-state index contributed by atoms with van der Waals surface area (Å²) in [5.41, 5.74) is 0.350. The van der Waals surface area contributed by atoms with Crippen LogP contribution in [0.2, 0.25) is 5.02 Å². The number of rotatable bonds is 5. The van der Waals surface area contributed by atoms with E-state index >= 15 is 0 Å². The molecule has 24 heavy (non-hydrogen) atoms. The lowest BCUT2D eigenvalue weighted by Gasteiger charge is -2.21. The lowest BCUT2D eigenvalue weighted by atomic mass is 10.0. The Kier molecular flexibility index (Phi) is 5.07. The van der Waals surface area contributed by atoms with Gasteiger partial charge in [0.15, 0.2) is 0 Å². The van der Waals surface area contributed by atoms with Crippen molar-refractivity contribution >= 4 is 27.3 Å². The maximum absolute atomic E-state index is 13.2. The van der Waals surface area contributed by atoms with Crippen molar-refractivity contribution in [3.63, 3.8) is 0 Å². The lowest BCUT2D eigenvalue weighted by molar-refractivity contribution is 0.0601. The van der Waals surface area contributed by atoms with Crippen LogP contribution < -0.4 is 4.72 Å². The molecule has 0 bridgehead atoms. The zero-order valence-electron chi connectivity index (χ0n) is 12.8. The zero-order chi connectivity index (χ0) is 17.2. The number of hydrogen-bond donors (Lipinski definition) is 1. The molecule has 0 radical (unpaired) electrons. The van der Waals surface area contributed by atoms with Gasteiger partial charge in [-0.05, 0) is 37.0 Å². The second-order valence-corrected chi connectivity index (χ2v) is 7.78. The third-order valence-corrected chi connectivity index (χ3v) is 5.54. The van der Waals surface area contributed by atoms with Gasteiger partial charge >= 0.3 is 0 Å². The quantitative estimate of drug-likeness (QED) is 0.874. The van der Waals surface area contributed by atoms with E-state index in [1.54, 1.807) is 10.9 Å².